The van der Waals surface area contributed by atoms with Gasteiger partial charge in [0.25, 0.3) is 5.91 Å². The summed E-state index contributed by atoms with van der Waals surface area (Å²) in [6, 6.07) is 7.12. The molecule has 0 radical (unpaired) electrons. The maximum absolute atomic E-state index is 12.0. The van der Waals surface area contributed by atoms with Gasteiger partial charge in [0, 0.05) is 17.1 Å². The zero-order chi connectivity index (χ0) is 12.3. The van der Waals surface area contributed by atoms with E-state index in [-0.39, 0.29) is 5.91 Å². The number of hydrogen-bond acceptors (Lipinski definition) is 2. The molecule has 0 aliphatic carbocycles. The normalized spacial score (nSPS) is 11.7. The summed E-state index contributed by atoms with van der Waals surface area (Å²) < 4.78 is 0.869. The fraction of sp³-hybridized carbons (Fsp3) is 0.333. The standard InChI is InChI=1S/C12H13BrN2O/c1-8-4-10(6-11(13)5-8)12(16)15(3)9(2)7-14/h4-6,9H,1-3H3. The number of halogens is 1. The average molecular weight is 281 g/mol. The summed E-state index contributed by atoms with van der Waals surface area (Å²) in [5, 5.41) is 8.76. The van der Waals surface area contributed by atoms with Gasteiger partial charge in [-0.2, -0.15) is 5.26 Å². The number of benzene rings is 1. The first-order chi connectivity index (χ1) is 7.45. The van der Waals surface area contributed by atoms with Gasteiger partial charge in [-0.15, -0.1) is 0 Å². The Labute approximate surface area is 104 Å². The third-order valence-electron chi connectivity index (χ3n) is 2.38. The van der Waals surface area contributed by atoms with Crippen LogP contribution in [0.25, 0.3) is 0 Å². The number of nitrogens with zero attached hydrogens (tertiary/aromatic N) is 2. The number of nitriles is 1. The van der Waals surface area contributed by atoms with Gasteiger partial charge >= 0.3 is 0 Å². The highest BCUT2D eigenvalue weighted by Crippen LogP contribution is 2.17. The van der Waals surface area contributed by atoms with E-state index < -0.39 is 6.04 Å². The van der Waals surface area contributed by atoms with Crippen molar-refractivity contribution in [3.63, 3.8) is 0 Å². The zero-order valence-electron chi connectivity index (χ0n) is 9.49. The minimum atomic E-state index is -0.424. The Hall–Kier alpha value is -1.34. The van der Waals surface area contributed by atoms with Crippen LogP contribution in [-0.2, 0) is 0 Å². The van der Waals surface area contributed by atoms with Crippen molar-refractivity contribution >= 4 is 21.8 Å². The predicted octanol–water partition coefficient (Wildman–Crippen LogP) is 2.74. The van der Waals surface area contributed by atoms with Crippen molar-refractivity contribution in [2.45, 2.75) is 19.9 Å². The number of rotatable bonds is 2. The highest BCUT2D eigenvalue weighted by Gasteiger charge is 2.17. The largest absolute Gasteiger partial charge is 0.326 e. The smallest absolute Gasteiger partial charge is 0.254 e. The summed E-state index contributed by atoms with van der Waals surface area (Å²) in [6.45, 7) is 3.62. The van der Waals surface area contributed by atoms with E-state index in [1.165, 1.54) is 4.90 Å². The van der Waals surface area contributed by atoms with Crippen molar-refractivity contribution in [1.29, 1.82) is 5.26 Å². The molecule has 16 heavy (non-hydrogen) atoms. The van der Waals surface area contributed by atoms with Crippen LogP contribution < -0.4 is 0 Å². The fourth-order valence-electron chi connectivity index (χ4n) is 1.33. The molecule has 0 N–H and O–H groups in total. The molecular weight excluding hydrogens is 268 g/mol. The molecule has 1 atom stereocenters. The highest BCUT2D eigenvalue weighted by atomic mass is 79.9. The van der Waals surface area contributed by atoms with Crippen LogP contribution in [0.1, 0.15) is 22.8 Å². The summed E-state index contributed by atoms with van der Waals surface area (Å²) in [7, 11) is 1.63. The number of carbonyl (C=O) groups excluding carboxylic acids is 1. The van der Waals surface area contributed by atoms with E-state index in [0.717, 1.165) is 10.0 Å². The molecule has 3 nitrogen and oxygen atoms in total. The van der Waals surface area contributed by atoms with Crippen LogP contribution in [0.3, 0.4) is 0 Å². The Morgan fingerprint density at radius 1 is 1.50 bits per heavy atom. The summed E-state index contributed by atoms with van der Waals surface area (Å²) in [5.74, 6) is -0.140. The van der Waals surface area contributed by atoms with Gasteiger partial charge in [-0.05, 0) is 37.6 Å². The second-order valence-electron chi connectivity index (χ2n) is 3.74. The Bertz CT molecular complexity index is 431. The van der Waals surface area contributed by atoms with Crippen LogP contribution in [0.15, 0.2) is 22.7 Å². The Balaban J connectivity index is 3.01. The Morgan fingerprint density at radius 3 is 2.62 bits per heavy atom. The maximum Gasteiger partial charge on any atom is 0.254 e. The molecule has 1 aromatic carbocycles. The number of amides is 1. The van der Waals surface area contributed by atoms with Gasteiger partial charge in [0.05, 0.1) is 6.07 Å². The third-order valence-corrected chi connectivity index (χ3v) is 2.84. The lowest BCUT2D eigenvalue weighted by atomic mass is 10.1. The van der Waals surface area contributed by atoms with Crippen molar-refractivity contribution in [2.24, 2.45) is 0 Å². The van der Waals surface area contributed by atoms with Crippen molar-refractivity contribution in [2.75, 3.05) is 7.05 Å². The monoisotopic (exact) mass is 280 g/mol. The molecule has 1 unspecified atom stereocenters. The van der Waals surface area contributed by atoms with Gasteiger partial charge in [-0.1, -0.05) is 15.9 Å². The number of aryl methyl sites for hydroxylation is 1. The van der Waals surface area contributed by atoms with Crippen LogP contribution in [0.4, 0.5) is 0 Å². The molecule has 0 spiro atoms. The lowest BCUT2D eigenvalue weighted by Gasteiger charge is -2.19. The van der Waals surface area contributed by atoms with Crippen LogP contribution in [0.5, 0.6) is 0 Å². The molecule has 0 saturated carbocycles. The van der Waals surface area contributed by atoms with E-state index in [0.29, 0.717) is 5.56 Å². The van der Waals surface area contributed by atoms with Crippen molar-refractivity contribution in [3.05, 3.63) is 33.8 Å². The molecule has 1 aromatic rings. The lowest BCUT2D eigenvalue weighted by molar-refractivity contribution is 0.0773. The molecule has 0 aliphatic rings. The number of hydrogen-bond donors (Lipinski definition) is 0. The molecule has 0 aromatic heterocycles. The summed E-state index contributed by atoms with van der Waals surface area (Å²) >= 11 is 3.35. The topological polar surface area (TPSA) is 44.1 Å². The number of carbonyl (C=O) groups is 1. The van der Waals surface area contributed by atoms with Crippen molar-refractivity contribution < 1.29 is 4.79 Å². The van der Waals surface area contributed by atoms with Crippen LogP contribution in [0.2, 0.25) is 0 Å². The minimum Gasteiger partial charge on any atom is -0.326 e. The van der Waals surface area contributed by atoms with Gasteiger partial charge in [0.2, 0.25) is 0 Å². The van der Waals surface area contributed by atoms with E-state index in [4.69, 9.17) is 5.26 Å². The van der Waals surface area contributed by atoms with Crippen LogP contribution >= 0.6 is 15.9 Å². The molecule has 0 fully saturated rings. The Kier molecular flexibility index (Phi) is 4.08. The quantitative estimate of drug-likeness (QED) is 0.836. The van der Waals surface area contributed by atoms with E-state index in [2.05, 4.69) is 15.9 Å². The van der Waals surface area contributed by atoms with Gasteiger partial charge in [-0.25, -0.2) is 0 Å². The van der Waals surface area contributed by atoms with E-state index in [1.54, 1.807) is 20.0 Å². The zero-order valence-corrected chi connectivity index (χ0v) is 11.1. The van der Waals surface area contributed by atoms with Crippen molar-refractivity contribution in [3.8, 4) is 6.07 Å². The summed E-state index contributed by atoms with van der Waals surface area (Å²) in [5.41, 5.74) is 1.60. The predicted molar refractivity (Wildman–Crippen MR) is 66.0 cm³/mol. The van der Waals surface area contributed by atoms with Crippen molar-refractivity contribution in [1.82, 2.24) is 4.90 Å². The first-order valence-corrected chi connectivity index (χ1v) is 5.69. The third kappa shape index (κ3) is 2.83. The van der Waals surface area contributed by atoms with Gasteiger partial charge in [0.15, 0.2) is 0 Å². The van der Waals surface area contributed by atoms with Crippen LogP contribution in [-0.4, -0.2) is 23.9 Å². The molecule has 0 saturated heterocycles. The molecule has 0 heterocycles. The molecule has 0 aliphatic heterocycles. The van der Waals surface area contributed by atoms with Gasteiger partial charge in [-0.3, -0.25) is 4.79 Å². The fourth-order valence-corrected chi connectivity index (χ4v) is 1.93. The molecule has 1 amide bonds. The van der Waals surface area contributed by atoms with E-state index in [1.807, 2.05) is 25.1 Å². The highest BCUT2D eigenvalue weighted by molar-refractivity contribution is 9.10. The minimum absolute atomic E-state index is 0.140. The Morgan fingerprint density at radius 2 is 2.12 bits per heavy atom. The van der Waals surface area contributed by atoms with Crippen LogP contribution in [0, 0.1) is 18.3 Å². The van der Waals surface area contributed by atoms with Gasteiger partial charge < -0.3 is 4.90 Å². The second-order valence-corrected chi connectivity index (χ2v) is 4.65. The molecule has 4 heteroatoms. The van der Waals surface area contributed by atoms with Gasteiger partial charge in [0.1, 0.15) is 6.04 Å². The molecule has 0 bridgehead atoms. The summed E-state index contributed by atoms with van der Waals surface area (Å²) in [4.78, 5) is 13.4. The summed E-state index contributed by atoms with van der Waals surface area (Å²) in [6.07, 6.45) is 0. The van der Waals surface area contributed by atoms with E-state index >= 15 is 0 Å². The molecule has 84 valence electrons. The SMILES string of the molecule is Cc1cc(Br)cc(C(=O)N(C)C(C)C#N)c1. The molecular formula is C12H13BrN2O. The molecule has 1 rings (SSSR count). The lowest BCUT2D eigenvalue weighted by Crippen LogP contribution is -2.34. The second kappa shape index (κ2) is 5.13. The first-order valence-electron chi connectivity index (χ1n) is 4.89. The first kappa shape index (κ1) is 12.7. The average Bonchev–Trinajstić information content (AvgIpc) is 2.24. The maximum atomic E-state index is 12.0. The van der Waals surface area contributed by atoms with E-state index in [9.17, 15) is 4.79 Å².